The van der Waals surface area contributed by atoms with Crippen LogP contribution < -0.4 is 9.46 Å². The maximum atomic E-state index is 15.7. The van der Waals surface area contributed by atoms with Gasteiger partial charge in [0.05, 0.1) is 31.8 Å². The molecule has 1 N–H and O–H groups in total. The van der Waals surface area contributed by atoms with Crippen LogP contribution >= 0.6 is 11.3 Å². The van der Waals surface area contributed by atoms with Crippen LogP contribution in [0.25, 0.3) is 10.4 Å². The molecule has 0 amide bonds. The molecule has 0 radical (unpaired) electrons. The number of nitrogens with one attached hydrogen (secondary N) is 1. The third-order valence-corrected chi connectivity index (χ3v) is 7.29. The summed E-state index contributed by atoms with van der Waals surface area (Å²) in [6.45, 7) is 9.65. The minimum atomic E-state index is -1.30. The van der Waals surface area contributed by atoms with E-state index in [2.05, 4.69) is 9.71 Å². The smallest absolute Gasteiger partial charge is 0.174 e. The molecule has 1 heterocycles. The molecule has 2 aromatic carbocycles. The zero-order valence-corrected chi connectivity index (χ0v) is 19.5. The number of rotatable bonds is 7. The number of aromatic nitrogens is 1. The molecular weight excluding hydrogens is 419 g/mol. The Morgan fingerprint density at radius 3 is 2.50 bits per heavy atom. The molecule has 2 atom stereocenters. The zero-order valence-electron chi connectivity index (χ0n) is 17.9. The number of hydrogen-bond acceptors (Lipinski definition) is 4. The van der Waals surface area contributed by atoms with Crippen molar-refractivity contribution < 1.29 is 13.3 Å². The lowest BCUT2D eigenvalue weighted by atomic mass is 10.0. The van der Waals surface area contributed by atoms with Crippen molar-refractivity contribution in [1.29, 1.82) is 0 Å². The van der Waals surface area contributed by atoms with Gasteiger partial charge in [-0.05, 0) is 46.2 Å². The highest BCUT2D eigenvalue weighted by molar-refractivity contribution is 7.84. The van der Waals surface area contributed by atoms with Gasteiger partial charge in [0.25, 0.3) is 0 Å². The molecule has 1 aromatic heterocycles. The quantitative estimate of drug-likeness (QED) is 0.488. The van der Waals surface area contributed by atoms with E-state index in [0.717, 1.165) is 16.1 Å². The number of benzene rings is 2. The third-order valence-electron chi connectivity index (χ3n) is 4.65. The SMILES string of the molecule is Cc1ncsc1-c1ccc([C@H](C)N[S@](=O)C(C)(C)C)c(OCc2ccccc2)c1F. The second-order valence-corrected chi connectivity index (χ2v) is 11.0. The van der Waals surface area contributed by atoms with Crippen molar-refractivity contribution in [3.63, 3.8) is 0 Å². The summed E-state index contributed by atoms with van der Waals surface area (Å²) in [5.74, 6) is -0.249. The van der Waals surface area contributed by atoms with E-state index in [1.54, 1.807) is 11.6 Å². The van der Waals surface area contributed by atoms with Crippen LogP contribution in [-0.4, -0.2) is 13.9 Å². The second kappa shape index (κ2) is 9.37. The lowest BCUT2D eigenvalue weighted by Gasteiger charge is -2.24. The molecular formula is C23H27FN2O2S2. The third kappa shape index (κ3) is 5.14. The number of thiazole rings is 1. The van der Waals surface area contributed by atoms with Crippen LogP contribution in [0.3, 0.4) is 0 Å². The van der Waals surface area contributed by atoms with Crippen LogP contribution in [0.2, 0.25) is 0 Å². The highest BCUT2D eigenvalue weighted by Crippen LogP contribution is 2.38. The van der Waals surface area contributed by atoms with Gasteiger partial charge >= 0.3 is 0 Å². The Kier molecular flexibility index (Phi) is 7.06. The molecule has 0 spiro atoms. The van der Waals surface area contributed by atoms with Crippen LogP contribution in [0.4, 0.5) is 4.39 Å². The normalized spacial score (nSPS) is 13.8. The van der Waals surface area contributed by atoms with Gasteiger partial charge in [-0.2, -0.15) is 0 Å². The summed E-state index contributed by atoms with van der Waals surface area (Å²) in [5, 5.41) is 0. The molecule has 0 saturated carbocycles. The molecule has 0 saturated heterocycles. The van der Waals surface area contributed by atoms with Gasteiger partial charge in [-0.25, -0.2) is 18.3 Å². The molecule has 0 unspecified atom stereocenters. The summed E-state index contributed by atoms with van der Waals surface area (Å²) in [4.78, 5) is 5.02. The first-order valence-electron chi connectivity index (χ1n) is 9.76. The predicted molar refractivity (Wildman–Crippen MR) is 122 cm³/mol. The van der Waals surface area contributed by atoms with Crippen molar-refractivity contribution in [2.24, 2.45) is 0 Å². The summed E-state index contributed by atoms with van der Waals surface area (Å²) in [6.07, 6.45) is 0. The Labute approximate surface area is 184 Å². The van der Waals surface area contributed by atoms with E-state index in [1.807, 2.05) is 71.0 Å². The van der Waals surface area contributed by atoms with Gasteiger partial charge in [0.1, 0.15) is 6.61 Å². The summed E-state index contributed by atoms with van der Waals surface area (Å²) < 4.78 is 36.9. The first-order valence-corrected chi connectivity index (χ1v) is 11.8. The number of halogens is 1. The molecule has 30 heavy (non-hydrogen) atoms. The maximum absolute atomic E-state index is 15.7. The number of ether oxygens (including phenoxy) is 1. The molecule has 3 aromatic rings. The van der Waals surface area contributed by atoms with Crippen molar-refractivity contribution in [1.82, 2.24) is 9.71 Å². The Hall–Kier alpha value is -2.09. The molecule has 0 fully saturated rings. The number of aryl methyl sites for hydroxylation is 1. The van der Waals surface area contributed by atoms with Crippen LogP contribution in [0.5, 0.6) is 5.75 Å². The largest absolute Gasteiger partial charge is 0.485 e. The Morgan fingerprint density at radius 1 is 1.20 bits per heavy atom. The summed E-state index contributed by atoms with van der Waals surface area (Å²) >= 11 is 1.40. The van der Waals surface area contributed by atoms with Gasteiger partial charge in [0.15, 0.2) is 11.6 Å². The molecule has 7 heteroatoms. The topological polar surface area (TPSA) is 51.2 Å². The van der Waals surface area contributed by atoms with E-state index in [9.17, 15) is 4.21 Å². The van der Waals surface area contributed by atoms with Crippen molar-refractivity contribution in [3.8, 4) is 16.2 Å². The molecule has 4 nitrogen and oxygen atoms in total. The molecule has 0 bridgehead atoms. The van der Waals surface area contributed by atoms with Crippen molar-refractivity contribution >= 4 is 22.3 Å². The van der Waals surface area contributed by atoms with E-state index in [4.69, 9.17) is 4.74 Å². The Bertz CT molecular complexity index is 1030. The maximum Gasteiger partial charge on any atom is 0.174 e. The first kappa shape index (κ1) is 22.6. The van der Waals surface area contributed by atoms with E-state index in [1.165, 1.54) is 11.3 Å². The molecule has 160 valence electrons. The minimum absolute atomic E-state index is 0.176. The van der Waals surface area contributed by atoms with E-state index >= 15 is 4.39 Å². The van der Waals surface area contributed by atoms with Crippen molar-refractivity contribution in [3.05, 3.63) is 70.6 Å². The average molecular weight is 447 g/mol. The van der Waals surface area contributed by atoms with Gasteiger partial charge in [-0.1, -0.05) is 36.4 Å². The highest BCUT2D eigenvalue weighted by Gasteiger charge is 2.26. The Morgan fingerprint density at radius 2 is 1.90 bits per heavy atom. The monoisotopic (exact) mass is 446 g/mol. The molecule has 0 aliphatic carbocycles. The molecule has 0 aliphatic heterocycles. The van der Waals surface area contributed by atoms with Gasteiger partial charge in [0, 0.05) is 17.2 Å². The van der Waals surface area contributed by atoms with Gasteiger partial charge in [-0.15, -0.1) is 11.3 Å². The van der Waals surface area contributed by atoms with Crippen molar-refractivity contribution in [2.75, 3.05) is 0 Å². The predicted octanol–water partition coefficient (Wildman–Crippen LogP) is 5.95. The van der Waals surface area contributed by atoms with Gasteiger partial charge in [-0.3, -0.25) is 0 Å². The fraction of sp³-hybridized carbons (Fsp3) is 0.348. The van der Waals surface area contributed by atoms with Gasteiger partial charge < -0.3 is 4.74 Å². The van der Waals surface area contributed by atoms with Crippen LogP contribution in [-0.2, 0) is 17.6 Å². The minimum Gasteiger partial charge on any atom is -0.485 e. The van der Waals surface area contributed by atoms with E-state index in [-0.39, 0.29) is 18.4 Å². The Balaban J connectivity index is 1.99. The van der Waals surface area contributed by atoms with Crippen molar-refractivity contribution in [2.45, 2.75) is 52.0 Å². The van der Waals surface area contributed by atoms with Crippen LogP contribution in [0.1, 0.15) is 50.6 Å². The zero-order chi connectivity index (χ0) is 21.9. The van der Waals surface area contributed by atoms with Gasteiger partial charge in [0.2, 0.25) is 0 Å². The van der Waals surface area contributed by atoms with E-state index in [0.29, 0.717) is 11.1 Å². The fourth-order valence-electron chi connectivity index (χ4n) is 2.92. The van der Waals surface area contributed by atoms with Crippen LogP contribution in [0, 0.1) is 12.7 Å². The lowest BCUT2D eigenvalue weighted by Crippen LogP contribution is -2.35. The highest BCUT2D eigenvalue weighted by atomic mass is 32.2. The molecule has 3 rings (SSSR count). The average Bonchev–Trinajstić information content (AvgIpc) is 3.12. The summed E-state index contributed by atoms with van der Waals surface area (Å²) in [5.41, 5.74) is 4.53. The standard InChI is InChI=1S/C23H27FN2O2S2/c1-15(26-30(27)23(3,4)5)18-11-12-19(22-16(2)25-14-29-22)20(24)21(18)28-13-17-9-7-6-8-10-17/h6-12,14-15,26H,13H2,1-5H3/t15-,30+/m0/s1. The molecule has 0 aliphatic rings. The summed E-state index contributed by atoms with van der Waals surface area (Å²) in [6, 6.07) is 12.9. The summed E-state index contributed by atoms with van der Waals surface area (Å²) in [7, 11) is -1.30. The van der Waals surface area contributed by atoms with Crippen LogP contribution in [0.15, 0.2) is 48.0 Å². The fourth-order valence-corrected chi connectivity index (χ4v) is 4.55. The lowest BCUT2D eigenvalue weighted by molar-refractivity contribution is 0.285. The number of nitrogens with zero attached hydrogens (tertiary/aromatic N) is 1. The second-order valence-electron chi connectivity index (χ2n) is 8.11. The first-order chi connectivity index (χ1) is 14.2. The number of hydrogen-bond donors (Lipinski definition) is 1. The van der Waals surface area contributed by atoms with E-state index < -0.39 is 21.5 Å².